The van der Waals surface area contributed by atoms with Crippen molar-refractivity contribution in [3.63, 3.8) is 0 Å². The highest BCUT2D eigenvalue weighted by Crippen LogP contribution is 2.42. The molecule has 0 bridgehead atoms. The first-order chi connectivity index (χ1) is 9.56. The minimum Gasteiger partial charge on any atom is -0.296 e. The fourth-order valence-electron chi connectivity index (χ4n) is 3.31. The average Bonchev–Trinajstić information content (AvgIpc) is 2.94. The lowest BCUT2D eigenvalue weighted by atomic mass is 9.78. The van der Waals surface area contributed by atoms with Crippen LogP contribution in [0.25, 0.3) is 0 Å². The van der Waals surface area contributed by atoms with Crippen LogP contribution in [0.15, 0.2) is 35.8 Å². The van der Waals surface area contributed by atoms with Crippen LogP contribution in [0.3, 0.4) is 0 Å². The maximum atomic E-state index is 4.50. The van der Waals surface area contributed by atoms with Gasteiger partial charge in [-0.15, -0.1) is 11.3 Å². The van der Waals surface area contributed by atoms with Crippen LogP contribution < -0.4 is 0 Å². The molecule has 20 heavy (non-hydrogen) atoms. The van der Waals surface area contributed by atoms with E-state index in [9.17, 15) is 0 Å². The predicted molar refractivity (Wildman–Crippen MR) is 85.1 cm³/mol. The third kappa shape index (κ3) is 2.65. The average molecular weight is 286 g/mol. The number of aryl methyl sites for hydroxylation is 1. The van der Waals surface area contributed by atoms with E-state index >= 15 is 0 Å². The predicted octanol–water partition coefficient (Wildman–Crippen LogP) is 4.08. The Morgan fingerprint density at radius 2 is 2.05 bits per heavy atom. The molecule has 0 amide bonds. The molecule has 106 valence electrons. The summed E-state index contributed by atoms with van der Waals surface area (Å²) in [5.74, 6) is 0.614. The van der Waals surface area contributed by atoms with Crippen molar-refractivity contribution in [1.82, 2.24) is 9.88 Å². The summed E-state index contributed by atoms with van der Waals surface area (Å²) in [5, 5.41) is 0. The molecule has 3 heteroatoms. The van der Waals surface area contributed by atoms with Gasteiger partial charge in [-0.1, -0.05) is 44.2 Å². The van der Waals surface area contributed by atoms with Gasteiger partial charge < -0.3 is 0 Å². The van der Waals surface area contributed by atoms with Gasteiger partial charge in [0.1, 0.15) is 0 Å². The number of thiazole rings is 1. The highest BCUT2D eigenvalue weighted by atomic mass is 32.1. The first kappa shape index (κ1) is 13.8. The molecule has 3 rings (SSSR count). The molecule has 1 aromatic carbocycles. The third-order valence-corrected chi connectivity index (χ3v) is 5.23. The number of hydrogen-bond donors (Lipinski definition) is 0. The Bertz CT molecular complexity index is 574. The van der Waals surface area contributed by atoms with Crippen molar-refractivity contribution in [2.45, 2.75) is 33.2 Å². The molecule has 0 aliphatic carbocycles. The third-order valence-electron chi connectivity index (χ3n) is 4.43. The molecule has 1 aliphatic heterocycles. The second-order valence-corrected chi connectivity index (χ2v) is 7.54. The highest BCUT2D eigenvalue weighted by molar-refractivity contribution is 7.09. The SMILES string of the molecule is Cc1scnc1CN1CC(c2ccccc2)C(C)(C)C1. The van der Waals surface area contributed by atoms with E-state index in [0.717, 1.165) is 19.6 Å². The van der Waals surface area contributed by atoms with Gasteiger partial charge in [-0.2, -0.15) is 0 Å². The van der Waals surface area contributed by atoms with Gasteiger partial charge in [0.25, 0.3) is 0 Å². The van der Waals surface area contributed by atoms with Gasteiger partial charge in [-0.25, -0.2) is 4.98 Å². The summed E-state index contributed by atoms with van der Waals surface area (Å²) in [6, 6.07) is 10.9. The van der Waals surface area contributed by atoms with E-state index in [1.165, 1.54) is 16.1 Å². The van der Waals surface area contributed by atoms with Gasteiger partial charge in [-0.3, -0.25) is 4.90 Å². The van der Waals surface area contributed by atoms with Gasteiger partial charge in [0.15, 0.2) is 0 Å². The maximum Gasteiger partial charge on any atom is 0.0798 e. The van der Waals surface area contributed by atoms with Crippen LogP contribution in [0.5, 0.6) is 0 Å². The zero-order valence-electron chi connectivity index (χ0n) is 12.5. The molecule has 1 aliphatic rings. The number of benzene rings is 1. The van der Waals surface area contributed by atoms with Crippen molar-refractivity contribution < 1.29 is 0 Å². The van der Waals surface area contributed by atoms with E-state index in [0.29, 0.717) is 11.3 Å². The fourth-order valence-corrected chi connectivity index (χ4v) is 3.90. The minimum atomic E-state index is 0.325. The van der Waals surface area contributed by atoms with Crippen LogP contribution in [0.4, 0.5) is 0 Å². The molecule has 1 unspecified atom stereocenters. The summed E-state index contributed by atoms with van der Waals surface area (Å²) < 4.78 is 0. The quantitative estimate of drug-likeness (QED) is 0.845. The van der Waals surface area contributed by atoms with Gasteiger partial charge in [0, 0.05) is 30.4 Å². The molecule has 2 nitrogen and oxygen atoms in total. The van der Waals surface area contributed by atoms with Gasteiger partial charge in [0.2, 0.25) is 0 Å². The van der Waals surface area contributed by atoms with Crippen molar-refractivity contribution in [1.29, 1.82) is 0 Å². The maximum absolute atomic E-state index is 4.50. The van der Waals surface area contributed by atoms with E-state index in [2.05, 4.69) is 61.0 Å². The highest BCUT2D eigenvalue weighted by Gasteiger charge is 2.40. The molecule has 1 aromatic heterocycles. The molecule has 1 saturated heterocycles. The number of nitrogens with zero attached hydrogens (tertiary/aromatic N) is 2. The summed E-state index contributed by atoms with van der Waals surface area (Å²) >= 11 is 1.75. The van der Waals surface area contributed by atoms with Crippen LogP contribution in [0.1, 0.15) is 35.9 Å². The van der Waals surface area contributed by atoms with Crippen molar-refractivity contribution in [2.75, 3.05) is 13.1 Å². The Morgan fingerprint density at radius 1 is 1.30 bits per heavy atom. The number of rotatable bonds is 3. The molecule has 2 aromatic rings. The summed E-state index contributed by atoms with van der Waals surface area (Å²) in [6.45, 7) is 10.2. The molecule has 0 N–H and O–H groups in total. The molecular formula is C17H22N2S. The number of aromatic nitrogens is 1. The first-order valence-corrected chi connectivity index (χ1v) is 8.10. The Morgan fingerprint density at radius 3 is 2.70 bits per heavy atom. The van der Waals surface area contributed by atoms with E-state index in [1.807, 2.05) is 5.51 Å². The monoisotopic (exact) mass is 286 g/mol. The number of likely N-dealkylation sites (tertiary alicyclic amines) is 1. The normalized spacial score (nSPS) is 22.2. The molecular weight excluding hydrogens is 264 g/mol. The lowest BCUT2D eigenvalue weighted by Gasteiger charge is -2.26. The molecule has 1 atom stereocenters. The van der Waals surface area contributed by atoms with Crippen molar-refractivity contribution in [2.24, 2.45) is 5.41 Å². The molecule has 0 saturated carbocycles. The van der Waals surface area contributed by atoms with Crippen LogP contribution >= 0.6 is 11.3 Å². The molecule has 0 radical (unpaired) electrons. The Labute approximate surface area is 125 Å². The van der Waals surface area contributed by atoms with Crippen molar-refractivity contribution in [3.8, 4) is 0 Å². The van der Waals surface area contributed by atoms with Crippen LogP contribution in [0.2, 0.25) is 0 Å². The van der Waals surface area contributed by atoms with E-state index < -0.39 is 0 Å². The van der Waals surface area contributed by atoms with Gasteiger partial charge in [0.05, 0.1) is 11.2 Å². The van der Waals surface area contributed by atoms with E-state index in [1.54, 1.807) is 11.3 Å². The lowest BCUT2D eigenvalue weighted by molar-refractivity contribution is 0.279. The zero-order chi connectivity index (χ0) is 14.2. The van der Waals surface area contributed by atoms with Crippen LogP contribution in [-0.4, -0.2) is 23.0 Å². The summed E-state index contributed by atoms with van der Waals surface area (Å²) in [4.78, 5) is 8.41. The van der Waals surface area contributed by atoms with Gasteiger partial charge >= 0.3 is 0 Å². The summed E-state index contributed by atoms with van der Waals surface area (Å²) in [7, 11) is 0. The topological polar surface area (TPSA) is 16.1 Å². The minimum absolute atomic E-state index is 0.325. The van der Waals surface area contributed by atoms with Crippen LogP contribution in [0, 0.1) is 12.3 Å². The molecule has 0 spiro atoms. The zero-order valence-corrected chi connectivity index (χ0v) is 13.3. The summed E-state index contributed by atoms with van der Waals surface area (Å²) in [5.41, 5.74) is 5.00. The van der Waals surface area contributed by atoms with E-state index in [4.69, 9.17) is 0 Å². The number of hydrogen-bond acceptors (Lipinski definition) is 3. The lowest BCUT2D eigenvalue weighted by Crippen LogP contribution is -2.23. The summed E-state index contributed by atoms with van der Waals surface area (Å²) in [6.07, 6.45) is 0. The molecule has 2 heterocycles. The van der Waals surface area contributed by atoms with Crippen molar-refractivity contribution >= 4 is 11.3 Å². The second kappa shape index (κ2) is 5.30. The van der Waals surface area contributed by atoms with Crippen LogP contribution in [-0.2, 0) is 6.54 Å². The van der Waals surface area contributed by atoms with Crippen molar-refractivity contribution in [3.05, 3.63) is 52.0 Å². The standard InChI is InChI=1S/C17H22N2S/c1-13-16(18-12-20-13)10-19-9-15(17(2,3)11-19)14-7-5-4-6-8-14/h4-8,12,15H,9-11H2,1-3H3. The smallest absolute Gasteiger partial charge is 0.0798 e. The largest absolute Gasteiger partial charge is 0.296 e. The Balaban J connectivity index is 1.77. The Hall–Kier alpha value is -1.19. The van der Waals surface area contributed by atoms with E-state index in [-0.39, 0.29) is 0 Å². The van der Waals surface area contributed by atoms with Gasteiger partial charge in [-0.05, 0) is 17.9 Å². The fraction of sp³-hybridized carbons (Fsp3) is 0.471. The first-order valence-electron chi connectivity index (χ1n) is 7.22. The second-order valence-electron chi connectivity index (χ2n) is 6.48. The molecule has 1 fully saturated rings. The Kier molecular flexibility index (Phi) is 3.65.